The fourth-order valence-electron chi connectivity index (χ4n) is 5.24. The molecule has 0 amide bonds. The molecule has 0 heterocycles. The average molecular weight is 385 g/mol. The molecule has 0 bridgehead atoms. The normalized spacial score (nSPS) is 28.1. The minimum Gasteiger partial charge on any atom is -0.459 e. The van der Waals surface area contributed by atoms with E-state index in [1.807, 2.05) is 12.1 Å². The van der Waals surface area contributed by atoms with Crippen LogP contribution in [0.1, 0.15) is 119 Å². The number of carbonyl (C=O) groups excluding carboxylic acids is 1. The van der Waals surface area contributed by atoms with Crippen molar-refractivity contribution in [2.75, 3.05) is 0 Å². The quantitative estimate of drug-likeness (QED) is 0.339. The monoisotopic (exact) mass is 384 g/mol. The van der Waals surface area contributed by atoms with Crippen molar-refractivity contribution in [2.24, 2.45) is 11.8 Å². The Kier molecular flexibility index (Phi) is 8.43. The van der Waals surface area contributed by atoms with Crippen molar-refractivity contribution in [2.45, 2.75) is 109 Å². The molecule has 28 heavy (non-hydrogen) atoms. The predicted molar refractivity (Wildman–Crippen MR) is 117 cm³/mol. The maximum Gasteiger partial charge on any atom is 0.338 e. The molecule has 0 aliphatic heterocycles. The topological polar surface area (TPSA) is 26.3 Å². The Labute approximate surface area is 172 Å². The third-order valence-corrected chi connectivity index (χ3v) is 7.33. The first kappa shape index (κ1) is 21.4. The Morgan fingerprint density at radius 3 is 2.11 bits per heavy atom. The smallest absolute Gasteiger partial charge is 0.338 e. The van der Waals surface area contributed by atoms with Crippen molar-refractivity contribution in [3.8, 4) is 0 Å². The van der Waals surface area contributed by atoms with Crippen LogP contribution in [0.15, 0.2) is 24.3 Å². The van der Waals surface area contributed by atoms with Crippen LogP contribution in [0.2, 0.25) is 0 Å². The minimum atomic E-state index is -0.133. The van der Waals surface area contributed by atoms with Gasteiger partial charge in [0.1, 0.15) is 6.10 Å². The average Bonchev–Trinajstić information content (AvgIpc) is 2.75. The van der Waals surface area contributed by atoms with Crippen LogP contribution in [0.25, 0.3) is 0 Å². The van der Waals surface area contributed by atoms with Crippen molar-refractivity contribution < 1.29 is 9.53 Å². The highest BCUT2D eigenvalue weighted by atomic mass is 16.5. The highest BCUT2D eigenvalue weighted by Gasteiger charge is 2.24. The summed E-state index contributed by atoms with van der Waals surface area (Å²) in [5.74, 6) is 2.32. The number of hydrogen-bond donors (Lipinski definition) is 0. The molecular formula is C26H40O2. The lowest BCUT2D eigenvalue weighted by molar-refractivity contribution is 0.0164. The third-order valence-electron chi connectivity index (χ3n) is 7.33. The number of carbonyl (C=O) groups is 1. The van der Waals surface area contributed by atoms with Gasteiger partial charge >= 0.3 is 5.97 Å². The second kappa shape index (κ2) is 11.0. The van der Waals surface area contributed by atoms with Crippen molar-refractivity contribution in [3.63, 3.8) is 0 Å². The summed E-state index contributed by atoms with van der Waals surface area (Å²) >= 11 is 0. The summed E-state index contributed by atoms with van der Waals surface area (Å²) < 4.78 is 5.78. The standard InChI is InChI=1S/C26H40O2/c1-3-5-6-7-21-8-12-22(13-9-21)23-14-16-24(17-15-23)26(27)28-25-18-10-20(4-2)11-19-25/h14-17,20-22,25H,3-13,18-19H2,1-2H3. The van der Waals surface area contributed by atoms with Gasteiger partial charge in [-0.05, 0) is 86.8 Å². The molecule has 2 saturated carbocycles. The number of unbranched alkanes of at least 4 members (excludes halogenated alkanes) is 2. The SMILES string of the molecule is CCCCCC1CCC(c2ccc(C(=O)OC3CCC(CC)CC3)cc2)CC1. The number of benzene rings is 1. The Balaban J connectivity index is 1.44. The predicted octanol–water partition coefficient (Wildman–Crippen LogP) is 7.67. The van der Waals surface area contributed by atoms with Gasteiger partial charge in [0.2, 0.25) is 0 Å². The first-order valence-corrected chi connectivity index (χ1v) is 12.0. The Morgan fingerprint density at radius 1 is 0.857 bits per heavy atom. The summed E-state index contributed by atoms with van der Waals surface area (Å²) in [5, 5.41) is 0. The number of esters is 1. The van der Waals surface area contributed by atoms with Crippen LogP contribution < -0.4 is 0 Å². The Morgan fingerprint density at radius 2 is 1.50 bits per heavy atom. The summed E-state index contributed by atoms with van der Waals surface area (Å²) in [5.41, 5.74) is 2.13. The van der Waals surface area contributed by atoms with Crippen molar-refractivity contribution >= 4 is 5.97 Å². The van der Waals surface area contributed by atoms with Crippen LogP contribution in [-0.2, 0) is 4.74 Å². The zero-order valence-corrected chi connectivity index (χ0v) is 18.1. The second-order valence-corrected chi connectivity index (χ2v) is 9.29. The molecule has 0 atom stereocenters. The van der Waals surface area contributed by atoms with E-state index in [-0.39, 0.29) is 12.1 Å². The van der Waals surface area contributed by atoms with Gasteiger partial charge in [-0.2, -0.15) is 0 Å². The first-order chi connectivity index (χ1) is 13.7. The van der Waals surface area contributed by atoms with E-state index < -0.39 is 0 Å². The molecule has 2 aliphatic rings. The maximum absolute atomic E-state index is 12.5. The molecule has 0 spiro atoms. The first-order valence-electron chi connectivity index (χ1n) is 12.0. The van der Waals surface area contributed by atoms with Crippen LogP contribution in [0.3, 0.4) is 0 Å². The zero-order chi connectivity index (χ0) is 19.8. The summed E-state index contributed by atoms with van der Waals surface area (Å²) in [4.78, 5) is 12.5. The molecule has 1 aromatic carbocycles. The maximum atomic E-state index is 12.5. The van der Waals surface area contributed by atoms with Gasteiger partial charge in [0, 0.05) is 0 Å². The van der Waals surface area contributed by atoms with Gasteiger partial charge in [-0.3, -0.25) is 0 Å². The lowest BCUT2D eigenvalue weighted by Crippen LogP contribution is -2.24. The van der Waals surface area contributed by atoms with Gasteiger partial charge < -0.3 is 4.74 Å². The lowest BCUT2D eigenvalue weighted by atomic mass is 9.77. The molecule has 0 radical (unpaired) electrons. The molecule has 0 N–H and O–H groups in total. The molecule has 2 aliphatic carbocycles. The Hall–Kier alpha value is -1.31. The summed E-state index contributed by atoms with van der Waals surface area (Å²) in [6.07, 6.45) is 16.7. The van der Waals surface area contributed by atoms with E-state index in [1.54, 1.807) is 0 Å². The van der Waals surface area contributed by atoms with Crippen LogP contribution >= 0.6 is 0 Å². The van der Waals surface area contributed by atoms with E-state index >= 15 is 0 Å². The van der Waals surface area contributed by atoms with Crippen LogP contribution in [0.5, 0.6) is 0 Å². The van der Waals surface area contributed by atoms with Gasteiger partial charge in [-0.1, -0.05) is 58.1 Å². The van der Waals surface area contributed by atoms with Crippen molar-refractivity contribution in [1.29, 1.82) is 0 Å². The molecule has 2 nitrogen and oxygen atoms in total. The molecule has 0 aromatic heterocycles. The highest BCUT2D eigenvalue weighted by molar-refractivity contribution is 5.89. The van der Waals surface area contributed by atoms with E-state index in [4.69, 9.17) is 4.74 Å². The molecule has 156 valence electrons. The third kappa shape index (κ3) is 6.09. The molecule has 0 saturated heterocycles. The fraction of sp³-hybridized carbons (Fsp3) is 0.731. The lowest BCUT2D eigenvalue weighted by Gasteiger charge is -2.29. The molecule has 1 aromatic rings. The van der Waals surface area contributed by atoms with Gasteiger partial charge in [0.25, 0.3) is 0 Å². The van der Waals surface area contributed by atoms with Gasteiger partial charge in [0.05, 0.1) is 5.56 Å². The molecular weight excluding hydrogens is 344 g/mol. The summed E-state index contributed by atoms with van der Waals surface area (Å²) in [7, 11) is 0. The van der Waals surface area contributed by atoms with E-state index in [0.717, 1.165) is 30.2 Å². The van der Waals surface area contributed by atoms with Gasteiger partial charge in [-0.15, -0.1) is 0 Å². The fourth-order valence-corrected chi connectivity index (χ4v) is 5.24. The van der Waals surface area contributed by atoms with E-state index in [1.165, 1.54) is 76.2 Å². The van der Waals surface area contributed by atoms with Crippen LogP contribution in [-0.4, -0.2) is 12.1 Å². The van der Waals surface area contributed by atoms with Gasteiger partial charge in [-0.25, -0.2) is 4.79 Å². The van der Waals surface area contributed by atoms with E-state index in [0.29, 0.717) is 5.92 Å². The second-order valence-electron chi connectivity index (χ2n) is 9.29. The summed E-state index contributed by atoms with van der Waals surface area (Å²) in [6.45, 7) is 4.55. The van der Waals surface area contributed by atoms with Gasteiger partial charge in [0.15, 0.2) is 0 Å². The Bertz CT molecular complexity index is 575. The summed E-state index contributed by atoms with van der Waals surface area (Å²) in [6, 6.07) is 8.32. The molecule has 2 heteroatoms. The zero-order valence-electron chi connectivity index (χ0n) is 18.1. The number of rotatable bonds is 8. The van der Waals surface area contributed by atoms with E-state index in [2.05, 4.69) is 26.0 Å². The highest BCUT2D eigenvalue weighted by Crippen LogP contribution is 2.38. The molecule has 3 rings (SSSR count). The van der Waals surface area contributed by atoms with Crippen LogP contribution in [0.4, 0.5) is 0 Å². The molecule has 0 unspecified atom stereocenters. The van der Waals surface area contributed by atoms with Crippen molar-refractivity contribution in [1.82, 2.24) is 0 Å². The number of hydrogen-bond acceptors (Lipinski definition) is 2. The van der Waals surface area contributed by atoms with Crippen molar-refractivity contribution in [3.05, 3.63) is 35.4 Å². The van der Waals surface area contributed by atoms with E-state index in [9.17, 15) is 4.79 Å². The van der Waals surface area contributed by atoms with Crippen LogP contribution in [0, 0.1) is 11.8 Å². The minimum absolute atomic E-state index is 0.123. The molecule has 2 fully saturated rings. The largest absolute Gasteiger partial charge is 0.459 e. The number of ether oxygens (including phenoxy) is 1.